The average molecular weight is 331 g/mol. The van der Waals surface area contributed by atoms with Gasteiger partial charge in [-0.2, -0.15) is 0 Å². The first-order chi connectivity index (χ1) is 11.0. The molecule has 0 amide bonds. The smallest absolute Gasteiger partial charge is 0.271 e. The Morgan fingerprint density at radius 2 is 1.91 bits per heavy atom. The zero-order chi connectivity index (χ0) is 16.6. The quantitative estimate of drug-likeness (QED) is 0.539. The van der Waals surface area contributed by atoms with E-state index in [1.54, 1.807) is 18.2 Å². The third kappa shape index (κ3) is 3.04. The highest BCUT2D eigenvalue weighted by molar-refractivity contribution is 6.30. The maximum atomic E-state index is 11.0. The third-order valence-corrected chi connectivity index (χ3v) is 3.72. The molecule has 0 radical (unpaired) electrons. The monoisotopic (exact) mass is 330 g/mol. The highest BCUT2D eigenvalue weighted by atomic mass is 35.5. The number of hydrogen-bond acceptors (Lipinski definition) is 4. The topological polar surface area (TPSA) is 64.2 Å². The Kier molecular flexibility index (Phi) is 4.02. The number of fused-ring (bicyclic) bond motifs is 1. The number of imidazole rings is 1. The van der Waals surface area contributed by atoms with Crippen LogP contribution in [0.3, 0.4) is 0 Å². The van der Waals surface area contributed by atoms with Crippen molar-refractivity contribution in [2.24, 2.45) is 0 Å². The molecule has 1 heterocycles. The van der Waals surface area contributed by atoms with E-state index in [1.807, 2.05) is 35.7 Å². The zero-order valence-corrected chi connectivity index (χ0v) is 13.5. The Morgan fingerprint density at radius 1 is 1.22 bits per heavy atom. The number of non-ortho nitro benzene ring substituents is 1. The molecule has 0 N–H and O–H groups in total. The summed E-state index contributed by atoms with van der Waals surface area (Å²) in [5, 5.41) is 11.6. The minimum Gasteiger partial charge on any atom is -0.310 e. The molecule has 0 aliphatic rings. The molecule has 0 aliphatic carbocycles. The van der Waals surface area contributed by atoms with Gasteiger partial charge in [0.15, 0.2) is 0 Å². The van der Waals surface area contributed by atoms with Crippen molar-refractivity contribution in [2.45, 2.75) is 6.67 Å². The number of hydrogen-bond donors (Lipinski definition) is 0. The van der Waals surface area contributed by atoms with Crippen LogP contribution in [0.5, 0.6) is 0 Å². The standard InChI is InChI=1S/C16H15ClN4O2/c1-19(2)10-20-15-8-7-13(21(22)23)9-14(15)18-16(20)11-3-5-12(17)6-4-11/h3-9H,10H2,1-2H3. The first-order valence-corrected chi connectivity index (χ1v) is 7.39. The first kappa shape index (κ1) is 15.5. The van der Waals surface area contributed by atoms with Gasteiger partial charge in [-0.25, -0.2) is 4.98 Å². The van der Waals surface area contributed by atoms with E-state index in [2.05, 4.69) is 4.98 Å². The fraction of sp³-hybridized carbons (Fsp3) is 0.188. The van der Waals surface area contributed by atoms with Crippen LogP contribution in [0.15, 0.2) is 42.5 Å². The van der Waals surface area contributed by atoms with Crippen molar-refractivity contribution in [3.8, 4) is 11.4 Å². The molecule has 0 aliphatic heterocycles. The van der Waals surface area contributed by atoms with Gasteiger partial charge in [-0.3, -0.25) is 15.0 Å². The van der Waals surface area contributed by atoms with Crippen LogP contribution < -0.4 is 0 Å². The van der Waals surface area contributed by atoms with Crippen LogP contribution in [0.4, 0.5) is 5.69 Å². The minimum atomic E-state index is -0.410. The molecule has 0 saturated carbocycles. The summed E-state index contributed by atoms with van der Waals surface area (Å²) >= 11 is 5.95. The molecular formula is C16H15ClN4O2. The van der Waals surface area contributed by atoms with Crippen molar-refractivity contribution < 1.29 is 4.92 Å². The van der Waals surface area contributed by atoms with Crippen LogP contribution >= 0.6 is 11.6 Å². The number of nitrogens with zero attached hydrogens (tertiary/aromatic N) is 4. The Bertz CT molecular complexity index is 872. The molecule has 0 fully saturated rings. The van der Waals surface area contributed by atoms with Crippen LogP contribution in [0.2, 0.25) is 5.02 Å². The van der Waals surface area contributed by atoms with Crippen LogP contribution in [-0.4, -0.2) is 33.5 Å². The molecule has 0 bridgehead atoms. The van der Waals surface area contributed by atoms with E-state index in [9.17, 15) is 10.1 Å². The summed E-state index contributed by atoms with van der Waals surface area (Å²) in [6, 6.07) is 12.1. The number of rotatable bonds is 4. The maximum absolute atomic E-state index is 11.0. The fourth-order valence-corrected chi connectivity index (χ4v) is 2.60. The Balaban J connectivity index is 2.22. The molecule has 0 spiro atoms. The lowest BCUT2D eigenvalue weighted by Crippen LogP contribution is -2.17. The van der Waals surface area contributed by atoms with Gasteiger partial charge in [0.05, 0.1) is 22.6 Å². The Hall–Kier alpha value is -2.44. The van der Waals surface area contributed by atoms with Crippen LogP contribution in [-0.2, 0) is 6.67 Å². The fourth-order valence-electron chi connectivity index (χ4n) is 2.48. The number of nitro groups is 1. The summed E-state index contributed by atoms with van der Waals surface area (Å²) in [7, 11) is 3.92. The second-order valence-electron chi connectivity index (χ2n) is 5.52. The normalized spacial score (nSPS) is 11.3. The summed E-state index contributed by atoms with van der Waals surface area (Å²) in [4.78, 5) is 17.2. The lowest BCUT2D eigenvalue weighted by Gasteiger charge is -2.14. The highest BCUT2D eigenvalue weighted by Crippen LogP contribution is 2.28. The molecule has 23 heavy (non-hydrogen) atoms. The van der Waals surface area contributed by atoms with Gasteiger partial charge in [0.2, 0.25) is 0 Å². The average Bonchev–Trinajstić information content (AvgIpc) is 2.85. The molecule has 118 valence electrons. The van der Waals surface area contributed by atoms with Gasteiger partial charge in [-0.1, -0.05) is 11.6 Å². The van der Waals surface area contributed by atoms with E-state index in [4.69, 9.17) is 11.6 Å². The molecule has 0 atom stereocenters. The lowest BCUT2D eigenvalue weighted by molar-refractivity contribution is -0.384. The molecular weight excluding hydrogens is 316 g/mol. The largest absolute Gasteiger partial charge is 0.310 e. The highest BCUT2D eigenvalue weighted by Gasteiger charge is 2.16. The van der Waals surface area contributed by atoms with Gasteiger partial charge in [0.1, 0.15) is 5.82 Å². The van der Waals surface area contributed by atoms with Crippen molar-refractivity contribution in [1.82, 2.24) is 14.5 Å². The summed E-state index contributed by atoms with van der Waals surface area (Å²) in [6.07, 6.45) is 0. The first-order valence-electron chi connectivity index (χ1n) is 7.01. The van der Waals surface area contributed by atoms with Crippen molar-refractivity contribution in [3.05, 3.63) is 57.6 Å². The summed E-state index contributed by atoms with van der Waals surface area (Å²) in [5.41, 5.74) is 2.41. The van der Waals surface area contributed by atoms with E-state index in [-0.39, 0.29) is 5.69 Å². The number of aromatic nitrogens is 2. The molecule has 6 nitrogen and oxygen atoms in total. The predicted molar refractivity (Wildman–Crippen MR) is 90.5 cm³/mol. The number of benzene rings is 2. The van der Waals surface area contributed by atoms with Gasteiger partial charge in [-0.05, 0) is 44.4 Å². The van der Waals surface area contributed by atoms with E-state index in [0.29, 0.717) is 17.2 Å². The maximum Gasteiger partial charge on any atom is 0.271 e. The Morgan fingerprint density at radius 3 is 2.52 bits per heavy atom. The number of nitro benzene ring substituents is 1. The number of halogens is 1. The molecule has 2 aromatic carbocycles. The van der Waals surface area contributed by atoms with Crippen molar-refractivity contribution in [1.29, 1.82) is 0 Å². The molecule has 1 aromatic heterocycles. The zero-order valence-electron chi connectivity index (χ0n) is 12.7. The second-order valence-corrected chi connectivity index (χ2v) is 5.96. The van der Waals surface area contributed by atoms with Gasteiger partial charge < -0.3 is 4.57 Å². The van der Waals surface area contributed by atoms with Gasteiger partial charge in [-0.15, -0.1) is 0 Å². The van der Waals surface area contributed by atoms with E-state index >= 15 is 0 Å². The van der Waals surface area contributed by atoms with E-state index in [1.165, 1.54) is 12.1 Å². The molecule has 7 heteroatoms. The van der Waals surface area contributed by atoms with Crippen molar-refractivity contribution in [2.75, 3.05) is 14.1 Å². The van der Waals surface area contributed by atoms with E-state index < -0.39 is 4.92 Å². The van der Waals surface area contributed by atoms with Crippen LogP contribution in [0.1, 0.15) is 0 Å². The molecule has 3 rings (SSSR count). The lowest BCUT2D eigenvalue weighted by atomic mass is 10.2. The SMILES string of the molecule is CN(C)Cn1c(-c2ccc(Cl)cc2)nc2cc([N+](=O)[O-])ccc21. The Labute approximate surface area is 138 Å². The minimum absolute atomic E-state index is 0.0367. The predicted octanol–water partition coefficient (Wildman–Crippen LogP) is 3.78. The second kappa shape index (κ2) is 5.98. The molecule has 3 aromatic rings. The van der Waals surface area contributed by atoms with Gasteiger partial charge >= 0.3 is 0 Å². The van der Waals surface area contributed by atoms with Crippen molar-refractivity contribution in [3.63, 3.8) is 0 Å². The summed E-state index contributed by atoms with van der Waals surface area (Å²) < 4.78 is 2.03. The summed E-state index contributed by atoms with van der Waals surface area (Å²) in [5.74, 6) is 0.755. The molecule has 0 saturated heterocycles. The van der Waals surface area contributed by atoms with Gasteiger partial charge in [0, 0.05) is 22.7 Å². The van der Waals surface area contributed by atoms with Crippen LogP contribution in [0, 0.1) is 10.1 Å². The van der Waals surface area contributed by atoms with Gasteiger partial charge in [0.25, 0.3) is 5.69 Å². The molecule has 0 unspecified atom stereocenters. The summed E-state index contributed by atoms with van der Waals surface area (Å²) in [6.45, 7) is 0.617. The van der Waals surface area contributed by atoms with E-state index in [0.717, 1.165) is 16.9 Å². The third-order valence-electron chi connectivity index (χ3n) is 3.47. The van der Waals surface area contributed by atoms with Crippen molar-refractivity contribution >= 4 is 28.3 Å². The van der Waals surface area contributed by atoms with Crippen LogP contribution in [0.25, 0.3) is 22.4 Å².